The highest BCUT2D eigenvalue weighted by Crippen LogP contribution is 2.20. The molecule has 6 nitrogen and oxygen atoms in total. The Balaban J connectivity index is 2.49. The van der Waals surface area contributed by atoms with Crippen LogP contribution in [0.2, 0.25) is 0 Å². The molecule has 0 bridgehead atoms. The first kappa shape index (κ1) is 13.3. The average Bonchev–Trinajstić information content (AvgIpc) is 2.72. The van der Waals surface area contributed by atoms with Crippen molar-refractivity contribution in [3.05, 3.63) is 40.3 Å². The molecule has 0 aliphatic carbocycles. The summed E-state index contributed by atoms with van der Waals surface area (Å²) in [6, 6.07) is 3.34. The van der Waals surface area contributed by atoms with Crippen molar-refractivity contribution in [2.24, 2.45) is 0 Å². The molecule has 1 heterocycles. The smallest absolute Gasteiger partial charge is 0.348 e. The Morgan fingerprint density at radius 3 is 2.89 bits per heavy atom. The lowest BCUT2D eigenvalue weighted by Crippen LogP contribution is -2.17. The molecule has 0 fully saturated rings. The molecule has 100 valence electrons. The second-order valence-electron chi connectivity index (χ2n) is 3.40. The van der Waals surface area contributed by atoms with Crippen molar-refractivity contribution in [3.8, 4) is 5.69 Å². The van der Waals surface area contributed by atoms with Gasteiger partial charge in [0.05, 0.1) is 11.4 Å². The number of nitrogens with one attached hydrogen (secondary N) is 1. The van der Waals surface area contributed by atoms with Gasteiger partial charge < -0.3 is 5.11 Å². The van der Waals surface area contributed by atoms with Crippen molar-refractivity contribution in [2.45, 2.75) is 5.16 Å². The fourth-order valence-corrected chi connectivity index (χ4v) is 2.06. The van der Waals surface area contributed by atoms with E-state index in [1.165, 1.54) is 12.1 Å². The first-order chi connectivity index (χ1) is 9.00. The van der Waals surface area contributed by atoms with E-state index >= 15 is 0 Å². The van der Waals surface area contributed by atoms with Crippen LogP contribution in [0.4, 0.5) is 8.78 Å². The SMILES string of the molecule is O=C(O)CSc1n[nH]c(=O)n1-c1cccc(F)c1F. The predicted molar refractivity (Wildman–Crippen MR) is 62.5 cm³/mol. The Morgan fingerprint density at radius 2 is 2.21 bits per heavy atom. The summed E-state index contributed by atoms with van der Waals surface area (Å²) in [7, 11) is 0. The number of carboxylic acid groups (broad SMARTS) is 1. The average molecular weight is 287 g/mol. The maximum atomic E-state index is 13.6. The van der Waals surface area contributed by atoms with Gasteiger partial charge in [-0.15, -0.1) is 5.10 Å². The molecular weight excluding hydrogens is 280 g/mol. The van der Waals surface area contributed by atoms with Crippen molar-refractivity contribution in [3.63, 3.8) is 0 Å². The van der Waals surface area contributed by atoms with Crippen LogP contribution in [0.5, 0.6) is 0 Å². The predicted octanol–water partition coefficient (Wildman–Crippen LogP) is 1.02. The van der Waals surface area contributed by atoms with E-state index in [9.17, 15) is 18.4 Å². The number of halogens is 2. The number of thioether (sulfide) groups is 1. The zero-order chi connectivity index (χ0) is 14.0. The number of carbonyl (C=O) groups is 1. The summed E-state index contributed by atoms with van der Waals surface area (Å²) in [6.45, 7) is 0. The van der Waals surface area contributed by atoms with Crippen LogP contribution < -0.4 is 5.69 Å². The second kappa shape index (κ2) is 5.22. The minimum atomic E-state index is -1.21. The molecule has 19 heavy (non-hydrogen) atoms. The van der Waals surface area contributed by atoms with E-state index in [0.717, 1.165) is 22.4 Å². The molecule has 0 atom stereocenters. The van der Waals surface area contributed by atoms with E-state index < -0.39 is 23.3 Å². The third kappa shape index (κ3) is 2.65. The van der Waals surface area contributed by atoms with E-state index in [1.54, 1.807) is 0 Å². The van der Waals surface area contributed by atoms with Gasteiger partial charge in [0.2, 0.25) is 0 Å². The highest BCUT2D eigenvalue weighted by atomic mass is 32.2. The summed E-state index contributed by atoms with van der Waals surface area (Å²) in [4.78, 5) is 22.0. The summed E-state index contributed by atoms with van der Waals surface area (Å²) in [6.07, 6.45) is 0. The normalized spacial score (nSPS) is 10.6. The largest absolute Gasteiger partial charge is 0.481 e. The summed E-state index contributed by atoms with van der Waals surface area (Å²) in [5.41, 5.74) is -1.11. The minimum Gasteiger partial charge on any atom is -0.481 e. The molecule has 2 aromatic rings. The van der Waals surface area contributed by atoms with Gasteiger partial charge in [-0.2, -0.15) is 0 Å². The molecule has 0 radical (unpaired) electrons. The number of aromatic nitrogens is 3. The summed E-state index contributed by atoms with van der Waals surface area (Å²) in [5, 5.41) is 14.1. The number of hydrogen-bond acceptors (Lipinski definition) is 4. The molecular formula is C10H7F2N3O3S. The highest BCUT2D eigenvalue weighted by Gasteiger charge is 2.17. The molecule has 0 unspecified atom stereocenters. The van der Waals surface area contributed by atoms with Gasteiger partial charge in [0.1, 0.15) is 0 Å². The molecule has 0 aliphatic heterocycles. The Kier molecular flexibility index (Phi) is 3.65. The Labute approximate surface area is 109 Å². The van der Waals surface area contributed by atoms with Crippen molar-refractivity contribution >= 4 is 17.7 Å². The van der Waals surface area contributed by atoms with Gasteiger partial charge in [-0.05, 0) is 12.1 Å². The van der Waals surface area contributed by atoms with Crippen molar-refractivity contribution in [1.29, 1.82) is 0 Å². The molecule has 1 aromatic carbocycles. The fraction of sp³-hybridized carbons (Fsp3) is 0.100. The van der Waals surface area contributed by atoms with E-state index in [0.29, 0.717) is 0 Å². The third-order valence-electron chi connectivity index (χ3n) is 2.14. The number of carboxylic acids is 1. The first-order valence-electron chi connectivity index (χ1n) is 4.97. The number of hydrogen-bond donors (Lipinski definition) is 2. The Morgan fingerprint density at radius 1 is 1.47 bits per heavy atom. The molecule has 9 heteroatoms. The van der Waals surface area contributed by atoms with Crippen molar-refractivity contribution in [1.82, 2.24) is 14.8 Å². The maximum absolute atomic E-state index is 13.6. The second-order valence-corrected chi connectivity index (χ2v) is 4.34. The van der Waals surface area contributed by atoms with Crippen LogP contribution in [0.3, 0.4) is 0 Å². The monoisotopic (exact) mass is 287 g/mol. The van der Waals surface area contributed by atoms with Crippen LogP contribution in [0.1, 0.15) is 0 Å². The van der Waals surface area contributed by atoms with Crippen molar-refractivity contribution in [2.75, 3.05) is 5.75 Å². The topological polar surface area (TPSA) is 88.0 Å². The lowest BCUT2D eigenvalue weighted by molar-refractivity contribution is -0.133. The zero-order valence-electron chi connectivity index (χ0n) is 9.26. The molecule has 2 N–H and O–H groups in total. The van der Waals surface area contributed by atoms with Crippen LogP contribution in [0.15, 0.2) is 28.2 Å². The van der Waals surface area contributed by atoms with Gasteiger partial charge in [-0.3, -0.25) is 4.79 Å². The van der Waals surface area contributed by atoms with Gasteiger partial charge in [-0.1, -0.05) is 17.8 Å². The number of nitrogens with zero attached hydrogens (tertiary/aromatic N) is 2. The first-order valence-corrected chi connectivity index (χ1v) is 5.95. The van der Waals surface area contributed by atoms with Gasteiger partial charge >= 0.3 is 11.7 Å². The molecule has 2 rings (SSSR count). The van der Waals surface area contributed by atoms with E-state index in [2.05, 4.69) is 10.2 Å². The van der Waals surface area contributed by atoms with Gasteiger partial charge in [0.25, 0.3) is 0 Å². The Bertz CT molecular complexity index is 683. The molecule has 0 spiro atoms. The van der Waals surface area contributed by atoms with E-state index in [1.807, 2.05) is 0 Å². The molecule has 0 saturated carbocycles. The van der Waals surface area contributed by atoms with Crippen molar-refractivity contribution < 1.29 is 18.7 Å². The third-order valence-corrected chi connectivity index (χ3v) is 3.06. The minimum absolute atomic E-state index is 0.0584. The number of aliphatic carboxylic acids is 1. The highest BCUT2D eigenvalue weighted by molar-refractivity contribution is 7.99. The molecule has 0 amide bonds. The molecule has 1 aromatic heterocycles. The number of rotatable bonds is 4. The van der Waals surface area contributed by atoms with Crippen LogP contribution in [-0.2, 0) is 4.79 Å². The quantitative estimate of drug-likeness (QED) is 0.820. The number of H-pyrrole nitrogens is 1. The summed E-state index contributed by atoms with van der Waals surface area (Å²) < 4.78 is 27.5. The number of aromatic amines is 1. The van der Waals surface area contributed by atoms with E-state index in [-0.39, 0.29) is 16.6 Å². The number of benzene rings is 1. The summed E-state index contributed by atoms with van der Waals surface area (Å²) in [5.74, 6) is -3.80. The van der Waals surface area contributed by atoms with Gasteiger partial charge in [-0.25, -0.2) is 23.2 Å². The van der Waals surface area contributed by atoms with Crippen LogP contribution in [-0.4, -0.2) is 31.6 Å². The Hall–Kier alpha value is -2.16. The lowest BCUT2D eigenvalue weighted by Gasteiger charge is -2.05. The van der Waals surface area contributed by atoms with Gasteiger partial charge in [0.15, 0.2) is 16.8 Å². The standard InChI is InChI=1S/C10H7F2N3O3S/c11-5-2-1-3-6(8(5)12)15-9(18)13-14-10(15)19-4-7(16)17/h1-3H,4H2,(H,13,18)(H,16,17). The fourth-order valence-electron chi connectivity index (χ4n) is 1.38. The molecule has 0 aliphatic rings. The summed E-state index contributed by atoms with van der Waals surface area (Å²) >= 11 is 0.717. The maximum Gasteiger partial charge on any atom is 0.348 e. The zero-order valence-corrected chi connectivity index (χ0v) is 10.1. The van der Waals surface area contributed by atoms with Crippen LogP contribution in [0, 0.1) is 11.6 Å². The van der Waals surface area contributed by atoms with Crippen LogP contribution >= 0.6 is 11.8 Å². The van der Waals surface area contributed by atoms with Gasteiger partial charge in [0, 0.05) is 0 Å². The molecule has 0 saturated heterocycles. The lowest BCUT2D eigenvalue weighted by atomic mass is 10.3. The van der Waals surface area contributed by atoms with Crippen LogP contribution in [0.25, 0.3) is 5.69 Å². The van der Waals surface area contributed by atoms with E-state index in [4.69, 9.17) is 5.11 Å².